The van der Waals surface area contributed by atoms with Gasteiger partial charge in [0.05, 0.1) is 5.60 Å². The third-order valence-electron chi connectivity index (χ3n) is 6.89. The second-order valence-corrected chi connectivity index (χ2v) is 8.86. The molecular weight excluding hydrogens is 350 g/mol. The van der Waals surface area contributed by atoms with Crippen molar-refractivity contribution in [2.45, 2.75) is 43.6 Å². The molecule has 5 rings (SSSR count). The lowest BCUT2D eigenvalue weighted by Crippen LogP contribution is -2.46. The van der Waals surface area contributed by atoms with Gasteiger partial charge in [-0.25, -0.2) is 4.79 Å². The van der Waals surface area contributed by atoms with Crippen LogP contribution < -0.4 is 5.32 Å². The van der Waals surface area contributed by atoms with Gasteiger partial charge >= 0.3 is 6.09 Å². The fraction of sp³-hybridized carbons (Fsp3) is 0.458. The molecule has 0 heterocycles. The van der Waals surface area contributed by atoms with Crippen molar-refractivity contribution in [2.24, 2.45) is 11.8 Å². The van der Waals surface area contributed by atoms with E-state index in [1.54, 1.807) is 0 Å². The van der Waals surface area contributed by atoms with Crippen molar-refractivity contribution in [3.8, 4) is 11.1 Å². The molecule has 2 atom stereocenters. The van der Waals surface area contributed by atoms with Gasteiger partial charge in [0, 0.05) is 12.5 Å². The number of alkyl carbamates (subject to hydrolysis) is 1. The molecule has 4 nitrogen and oxygen atoms in total. The molecule has 3 aliphatic rings. The van der Waals surface area contributed by atoms with E-state index in [0.29, 0.717) is 18.4 Å². The third kappa shape index (κ3) is 3.20. The number of hydrogen-bond acceptors (Lipinski definition) is 3. The maximum atomic E-state index is 12.3. The van der Waals surface area contributed by atoms with Crippen LogP contribution in [0.1, 0.15) is 49.1 Å². The average Bonchev–Trinajstić information content (AvgIpc) is 3.22. The number of ether oxygens (including phenoxy) is 1. The fourth-order valence-corrected chi connectivity index (χ4v) is 5.74. The van der Waals surface area contributed by atoms with Gasteiger partial charge in [-0.2, -0.15) is 0 Å². The first-order valence-electron chi connectivity index (χ1n) is 10.4. The van der Waals surface area contributed by atoms with Crippen LogP contribution in [0, 0.1) is 11.8 Å². The quantitative estimate of drug-likeness (QED) is 0.827. The highest BCUT2D eigenvalue weighted by atomic mass is 16.5. The van der Waals surface area contributed by atoms with E-state index in [0.717, 1.165) is 12.8 Å². The van der Waals surface area contributed by atoms with Gasteiger partial charge in [0.1, 0.15) is 6.61 Å². The van der Waals surface area contributed by atoms with Crippen LogP contribution >= 0.6 is 0 Å². The fourth-order valence-electron chi connectivity index (χ4n) is 5.74. The van der Waals surface area contributed by atoms with Crippen molar-refractivity contribution in [2.75, 3.05) is 13.2 Å². The van der Waals surface area contributed by atoms with E-state index < -0.39 is 11.7 Å². The molecule has 146 valence electrons. The topological polar surface area (TPSA) is 58.6 Å². The predicted octanol–water partition coefficient (Wildman–Crippen LogP) is 4.47. The Kier molecular flexibility index (Phi) is 4.39. The monoisotopic (exact) mass is 377 g/mol. The molecule has 0 saturated heterocycles. The van der Waals surface area contributed by atoms with E-state index in [4.69, 9.17) is 4.74 Å². The zero-order valence-corrected chi connectivity index (χ0v) is 16.1. The number of carbonyl (C=O) groups is 1. The summed E-state index contributed by atoms with van der Waals surface area (Å²) >= 11 is 0. The maximum absolute atomic E-state index is 12.3. The minimum Gasteiger partial charge on any atom is -0.449 e. The van der Waals surface area contributed by atoms with Crippen LogP contribution in [0.5, 0.6) is 0 Å². The molecule has 2 aromatic rings. The van der Waals surface area contributed by atoms with E-state index in [9.17, 15) is 9.90 Å². The Morgan fingerprint density at radius 3 is 2.18 bits per heavy atom. The van der Waals surface area contributed by atoms with E-state index in [2.05, 4.69) is 29.6 Å². The van der Waals surface area contributed by atoms with Crippen molar-refractivity contribution >= 4 is 6.09 Å². The van der Waals surface area contributed by atoms with Gasteiger partial charge in [-0.3, -0.25) is 0 Å². The molecule has 2 aromatic carbocycles. The molecule has 0 aromatic heterocycles. The Balaban J connectivity index is 1.21. The van der Waals surface area contributed by atoms with Crippen molar-refractivity contribution in [1.29, 1.82) is 0 Å². The first-order valence-corrected chi connectivity index (χ1v) is 10.4. The van der Waals surface area contributed by atoms with Crippen molar-refractivity contribution in [3.63, 3.8) is 0 Å². The Morgan fingerprint density at radius 2 is 1.57 bits per heavy atom. The SMILES string of the molecule is O=C(NCC1(O)CC2CCC(C2)C1)OCC1c2ccccc2-c2ccccc21. The molecule has 4 heteroatoms. The number of rotatable bonds is 4. The van der Waals surface area contributed by atoms with Gasteiger partial charge in [0.15, 0.2) is 0 Å². The average molecular weight is 377 g/mol. The van der Waals surface area contributed by atoms with E-state index in [-0.39, 0.29) is 12.5 Å². The largest absolute Gasteiger partial charge is 0.449 e. The number of carbonyl (C=O) groups excluding carboxylic acids is 1. The number of nitrogens with one attached hydrogen (secondary N) is 1. The number of amides is 1. The van der Waals surface area contributed by atoms with Gasteiger partial charge in [-0.15, -0.1) is 0 Å². The first kappa shape index (κ1) is 17.7. The lowest BCUT2D eigenvalue weighted by Gasteiger charge is -2.36. The highest BCUT2D eigenvalue weighted by Crippen LogP contribution is 2.46. The summed E-state index contributed by atoms with van der Waals surface area (Å²) in [5.41, 5.74) is 4.09. The Hall–Kier alpha value is -2.33. The normalized spacial score (nSPS) is 27.9. The summed E-state index contributed by atoms with van der Waals surface area (Å²) in [6, 6.07) is 16.6. The number of aliphatic hydroxyl groups is 1. The maximum Gasteiger partial charge on any atom is 0.407 e. The van der Waals surface area contributed by atoms with E-state index in [1.807, 2.05) is 24.3 Å². The van der Waals surface area contributed by atoms with Gasteiger partial charge < -0.3 is 15.2 Å². The molecule has 2 saturated carbocycles. The molecule has 28 heavy (non-hydrogen) atoms. The summed E-state index contributed by atoms with van der Waals surface area (Å²) in [6.07, 6.45) is 4.84. The summed E-state index contributed by atoms with van der Waals surface area (Å²) in [5, 5.41) is 13.7. The van der Waals surface area contributed by atoms with Gasteiger partial charge in [-0.1, -0.05) is 61.4 Å². The Morgan fingerprint density at radius 1 is 1.00 bits per heavy atom. The standard InChI is InChI=1S/C24H27NO3/c26-23(25-15-24(27)12-16-9-10-17(11-16)13-24)28-14-22-20-7-3-1-5-18(20)19-6-2-4-8-21(19)22/h1-8,16-17,22,27H,9-15H2,(H,25,26). The van der Waals surface area contributed by atoms with Crippen LogP contribution in [0.15, 0.2) is 48.5 Å². The smallest absolute Gasteiger partial charge is 0.407 e. The van der Waals surface area contributed by atoms with Crippen molar-refractivity contribution in [3.05, 3.63) is 59.7 Å². The summed E-state index contributed by atoms with van der Waals surface area (Å²) < 4.78 is 5.58. The summed E-state index contributed by atoms with van der Waals surface area (Å²) in [7, 11) is 0. The molecule has 2 N–H and O–H groups in total. The van der Waals surface area contributed by atoms with Crippen LogP contribution in [-0.4, -0.2) is 30.0 Å². The summed E-state index contributed by atoms with van der Waals surface area (Å²) in [4.78, 5) is 12.3. The molecule has 0 aliphatic heterocycles. The van der Waals surface area contributed by atoms with Crippen molar-refractivity contribution < 1.29 is 14.6 Å². The minimum absolute atomic E-state index is 0.0618. The van der Waals surface area contributed by atoms with Crippen LogP contribution in [0.25, 0.3) is 11.1 Å². The first-order chi connectivity index (χ1) is 13.6. The van der Waals surface area contributed by atoms with Crippen LogP contribution in [0.4, 0.5) is 4.79 Å². The second-order valence-electron chi connectivity index (χ2n) is 8.86. The highest BCUT2D eigenvalue weighted by molar-refractivity contribution is 5.79. The zero-order valence-electron chi connectivity index (χ0n) is 16.1. The minimum atomic E-state index is -0.768. The number of benzene rings is 2. The van der Waals surface area contributed by atoms with E-state index in [1.165, 1.54) is 41.5 Å². The lowest BCUT2D eigenvalue weighted by molar-refractivity contribution is -0.0191. The zero-order chi connectivity index (χ0) is 19.1. The molecule has 2 unspecified atom stereocenters. The summed E-state index contributed by atoms with van der Waals surface area (Å²) in [5.74, 6) is 1.30. The Labute approximate surface area is 165 Å². The van der Waals surface area contributed by atoms with Gasteiger partial charge in [0.25, 0.3) is 0 Å². The van der Waals surface area contributed by atoms with Crippen LogP contribution in [0.3, 0.4) is 0 Å². The highest BCUT2D eigenvalue weighted by Gasteiger charge is 2.42. The molecular formula is C24H27NO3. The molecule has 2 bridgehead atoms. The molecule has 2 fully saturated rings. The van der Waals surface area contributed by atoms with E-state index >= 15 is 0 Å². The van der Waals surface area contributed by atoms with Crippen LogP contribution in [0.2, 0.25) is 0 Å². The summed E-state index contributed by atoms with van der Waals surface area (Å²) in [6.45, 7) is 0.597. The van der Waals surface area contributed by atoms with Gasteiger partial charge in [0.2, 0.25) is 0 Å². The van der Waals surface area contributed by atoms with Gasteiger partial charge in [-0.05, 0) is 53.4 Å². The second kappa shape index (κ2) is 6.93. The molecule has 1 amide bonds. The van der Waals surface area contributed by atoms with Crippen molar-refractivity contribution in [1.82, 2.24) is 5.32 Å². The third-order valence-corrected chi connectivity index (χ3v) is 6.89. The van der Waals surface area contributed by atoms with Crippen LogP contribution in [-0.2, 0) is 4.74 Å². The number of fused-ring (bicyclic) bond motifs is 5. The molecule has 0 radical (unpaired) electrons. The molecule has 0 spiro atoms. The lowest BCUT2D eigenvalue weighted by atomic mass is 9.77. The molecule has 3 aliphatic carbocycles. The Bertz CT molecular complexity index is 835. The number of hydrogen-bond donors (Lipinski definition) is 2. The predicted molar refractivity (Wildman–Crippen MR) is 108 cm³/mol.